The summed E-state index contributed by atoms with van der Waals surface area (Å²) in [5, 5.41) is 13.6. The number of primary amides is 1. The van der Waals surface area contributed by atoms with Crippen molar-refractivity contribution in [1.82, 2.24) is 16.1 Å². The molecule has 2 unspecified atom stereocenters. The molecule has 11 nitrogen and oxygen atoms in total. The van der Waals surface area contributed by atoms with Crippen molar-refractivity contribution in [2.24, 2.45) is 11.6 Å². The summed E-state index contributed by atoms with van der Waals surface area (Å²) < 4.78 is 4.93. The lowest BCUT2D eigenvalue weighted by Gasteiger charge is -2.20. The minimum atomic E-state index is -1.40. The molecule has 11 heteroatoms. The van der Waals surface area contributed by atoms with Gasteiger partial charge in [-0.1, -0.05) is 30.3 Å². The van der Waals surface area contributed by atoms with Gasteiger partial charge in [0.05, 0.1) is 13.0 Å². The topological polar surface area (TPSA) is 186 Å². The SMILES string of the molecule is NNC(=O)C(CC(N)=O)NC(=O)C(CO)NC(=O)OCc1ccccc1. The summed E-state index contributed by atoms with van der Waals surface area (Å²) in [6, 6.07) is 6.06. The molecular weight excluding hydrogens is 346 g/mol. The average Bonchev–Trinajstić information content (AvgIpc) is 2.63. The summed E-state index contributed by atoms with van der Waals surface area (Å²) in [5.74, 6) is 2.34. The van der Waals surface area contributed by atoms with Crippen molar-refractivity contribution >= 4 is 23.8 Å². The summed E-state index contributed by atoms with van der Waals surface area (Å²) >= 11 is 0. The van der Waals surface area contributed by atoms with Crippen LogP contribution in [0, 0.1) is 0 Å². The van der Waals surface area contributed by atoms with Gasteiger partial charge in [0.25, 0.3) is 5.91 Å². The molecular formula is C15H21N5O6. The standard InChI is InChI=1S/C15H21N5O6/c16-12(22)6-10(14(24)20-17)18-13(23)11(7-21)19-15(25)26-8-9-4-2-1-3-5-9/h1-5,10-11,21H,6-8,17H2,(H2,16,22)(H,18,23)(H,19,25)(H,20,24). The number of hydrogen-bond donors (Lipinski definition) is 6. The van der Waals surface area contributed by atoms with E-state index in [1.165, 1.54) is 0 Å². The van der Waals surface area contributed by atoms with Gasteiger partial charge in [0.1, 0.15) is 18.7 Å². The highest BCUT2D eigenvalue weighted by Crippen LogP contribution is 2.01. The molecule has 0 saturated heterocycles. The maximum atomic E-state index is 12.1. The maximum Gasteiger partial charge on any atom is 0.408 e. The Morgan fingerprint density at radius 3 is 2.23 bits per heavy atom. The second-order valence-electron chi connectivity index (χ2n) is 5.18. The molecule has 0 heterocycles. The van der Waals surface area contributed by atoms with Gasteiger partial charge in [0, 0.05) is 0 Å². The molecule has 0 aliphatic rings. The fraction of sp³-hybridized carbons (Fsp3) is 0.333. The molecule has 0 aromatic heterocycles. The minimum absolute atomic E-state index is 0.0354. The van der Waals surface area contributed by atoms with E-state index in [1.54, 1.807) is 35.8 Å². The normalized spacial score (nSPS) is 12.4. The predicted molar refractivity (Wildman–Crippen MR) is 88.7 cm³/mol. The minimum Gasteiger partial charge on any atom is -0.445 e. The summed E-state index contributed by atoms with van der Waals surface area (Å²) in [7, 11) is 0. The molecule has 26 heavy (non-hydrogen) atoms. The van der Waals surface area contributed by atoms with Gasteiger partial charge in [0.2, 0.25) is 11.8 Å². The second kappa shape index (κ2) is 10.6. The Balaban J connectivity index is 2.59. The van der Waals surface area contributed by atoms with Crippen LogP contribution in [0.25, 0.3) is 0 Å². The van der Waals surface area contributed by atoms with Crippen LogP contribution in [0.4, 0.5) is 4.79 Å². The summed E-state index contributed by atoms with van der Waals surface area (Å²) in [6.07, 6.45) is -1.46. The fourth-order valence-electron chi connectivity index (χ4n) is 1.88. The van der Waals surface area contributed by atoms with Crippen LogP contribution < -0.4 is 27.6 Å². The van der Waals surface area contributed by atoms with Gasteiger partial charge in [-0.05, 0) is 5.56 Å². The number of carbonyl (C=O) groups is 4. The summed E-state index contributed by atoms with van der Waals surface area (Å²) in [4.78, 5) is 46.3. The number of benzene rings is 1. The van der Waals surface area contributed by atoms with E-state index in [9.17, 15) is 24.3 Å². The van der Waals surface area contributed by atoms with E-state index in [-0.39, 0.29) is 6.61 Å². The first-order valence-corrected chi connectivity index (χ1v) is 7.54. The molecule has 0 spiro atoms. The Labute approximate surface area is 149 Å². The number of carbonyl (C=O) groups excluding carboxylic acids is 4. The third-order valence-corrected chi connectivity index (χ3v) is 3.18. The maximum absolute atomic E-state index is 12.1. The number of alkyl carbamates (subject to hydrolysis) is 1. The molecule has 1 aromatic carbocycles. The lowest BCUT2D eigenvalue weighted by atomic mass is 10.1. The van der Waals surface area contributed by atoms with Crippen molar-refractivity contribution in [2.75, 3.05) is 6.61 Å². The van der Waals surface area contributed by atoms with Crippen LogP contribution in [0.3, 0.4) is 0 Å². The fourth-order valence-corrected chi connectivity index (χ4v) is 1.88. The average molecular weight is 367 g/mol. The molecule has 2 atom stereocenters. The highest BCUT2D eigenvalue weighted by molar-refractivity contribution is 5.93. The number of aliphatic hydroxyl groups excluding tert-OH is 1. The van der Waals surface area contributed by atoms with Crippen molar-refractivity contribution in [3.05, 3.63) is 35.9 Å². The molecule has 0 saturated carbocycles. The van der Waals surface area contributed by atoms with Crippen LogP contribution in [0.2, 0.25) is 0 Å². The van der Waals surface area contributed by atoms with E-state index in [1.807, 2.05) is 0 Å². The first-order chi connectivity index (χ1) is 12.4. The molecule has 4 amide bonds. The number of amides is 4. The number of hydrogen-bond acceptors (Lipinski definition) is 7. The van der Waals surface area contributed by atoms with Crippen LogP contribution in [0.5, 0.6) is 0 Å². The quantitative estimate of drug-likeness (QED) is 0.160. The van der Waals surface area contributed by atoms with Crippen LogP contribution >= 0.6 is 0 Å². The van der Waals surface area contributed by atoms with Gasteiger partial charge < -0.3 is 26.2 Å². The number of nitrogens with two attached hydrogens (primary N) is 2. The third kappa shape index (κ3) is 7.15. The van der Waals surface area contributed by atoms with Gasteiger partial charge in [-0.2, -0.15) is 0 Å². The molecule has 0 fully saturated rings. The number of ether oxygens (including phenoxy) is 1. The first-order valence-electron chi connectivity index (χ1n) is 7.54. The van der Waals surface area contributed by atoms with Crippen molar-refractivity contribution in [3.8, 4) is 0 Å². The number of nitrogens with one attached hydrogen (secondary N) is 3. The number of rotatable bonds is 9. The van der Waals surface area contributed by atoms with Crippen LogP contribution in [0.1, 0.15) is 12.0 Å². The van der Waals surface area contributed by atoms with Gasteiger partial charge >= 0.3 is 6.09 Å². The Kier molecular flexibility index (Phi) is 8.54. The van der Waals surface area contributed by atoms with E-state index < -0.39 is 48.9 Å². The largest absolute Gasteiger partial charge is 0.445 e. The van der Waals surface area contributed by atoms with Gasteiger partial charge in [0.15, 0.2) is 0 Å². The second-order valence-corrected chi connectivity index (χ2v) is 5.18. The van der Waals surface area contributed by atoms with Crippen LogP contribution in [-0.2, 0) is 25.7 Å². The van der Waals surface area contributed by atoms with Crippen molar-refractivity contribution in [1.29, 1.82) is 0 Å². The lowest BCUT2D eigenvalue weighted by molar-refractivity contribution is -0.132. The molecule has 1 aromatic rings. The van der Waals surface area contributed by atoms with Crippen molar-refractivity contribution in [3.63, 3.8) is 0 Å². The molecule has 0 radical (unpaired) electrons. The monoisotopic (exact) mass is 367 g/mol. The molecule has 0 aliphatic heterocycles. The lowest BCUT2D eigenvalue weighted by Crippen LogP contribution is -2.56. The number of hydrazine groups is 1. The summed E-state index contributed by atoms with van der Waals surface area (Å²) in [6.45, 7) is -0.799. The molecule has 142 valence electrons. The molecule has 0 bridgehead atoms. The molecule has 0 aliphatic carbocycles. The summed E-state index contributed by atoms with van der Waals surface area (Å²) in [5.41, 5.74) is 7.50. The van der Waals surface area contributed by atoms with E-state index >= 15 is 0 Å². The third-order valence-electron chi connectivity index (χ3n) is 3.18. The zero-order valence-corrected chi connectivity index (χ0v) is 13.8. The Hall–Kier alpha value is -3.18. The van der Waals surface area contributed by atoms with Crippen molar-refractivity contribution in [2.45, 2.75) is 25.1 Å². The smallest absolute Gasteiger partial charge is 0.408 e. The Morgan fingerprint density at radius 2 is 1.69 bits per heavy atom. The zero-order valence-electron chi connectivity index (χ0n) is 13.8. The molecule has 8 N–H and O–H groups in total. The van der Waals surface area contributed by atoms with Crippen molar-refractivity contribution < 1.29 is 29.0 Å². The van der Waals surface area contributed by atoms with E-state index in [4.69, 9.17) is 16.3 Å². The van der Waals surface area contributed by atoms with E-state index in [0.29, 0.717) is 0 Å². The Morgan fingerprint density at radius 1 is 1.04 bits per heavy atom. The van der Waals surface area contributed by atoms with Gasteiger partial charge in [-0.15, -0.1) is 0 Å². The van der Waals surface area contributed by atoms with Gasteiger partial charge in [-0.3, -0.25) is 19.8 Å². The molecule has 1 rings (SSSR count). The van der Waals surface area contributed by atoms with E-state index in [2.05, 4.69) is 10.6 Å². The predicted octanol–water partition coefficient (Wildman–Crippen LogP) is -2.38. The highest BCUT2D eigenvalue weighted by atomic mass is 16.5. The van der Waals surface area contributed by atoms with Gasteiger partial charge in [-0.25, -0.2) is 10.6 Å². The highest BCUT2D eigenvalue weighted by Gasteiger charge is 2.27. The zero-order chi connectivity index (χ0) is 19.5. The first kappa shape index (κ1) is 20.9. The van der Waals surface area contributed by atoms with E-state index in [0.717, 1.165) is 5.56 Å². The Bertz CT molecular complexity index is 639. The van der Waals surface area contributed by atoms with Crippen LogP contribution in [0.15, 0.2) is 30.3 Å². The van der Waals surface area contributed by atoms with Crippen LogP contribution in [-0.4, -0.2) is 47.6 Å². The number of aliphatic hydroxyl groups is 1.